The molecule has 3 rings (SSSR count). The summed E-state index contributed by atoms with van der Waals surface area (Å²) in [6, 6.07) is 8.40. The summed E-state index contributed by atoms with van der Waals surface area (Å²) in [6.07, 6.45) is 0. The Kier molecular flexibility index (Phi) is 5.30. The van der Waals surface area contributed by atoms with E-state index >= 15 is 0 Å². The number of benzene rings is 1. The van der Waals surface area contributed by atoms with Crippen LogP contribution in [-0.4, -0.2) is 40.8 Å². The number of fused-ring (bicyclic) bond motifs is 1. The largest absolute Gasteiger partial charge is 0.482 e. The molecule has 2 aromatic heterocycles. The SMILES string of the molecule is Cc1noc2nc(C(C)C)cc(C(=O)N(C)c3ccc(OCC(=O)O)cc3)c12. The first-order chi connectivity index (χ1) is 13.3. The van der Waals surface area contributed by atoms with Gasteiger partial charge in [0.25, 0.3) is 11.6 Å². The van der Waals surface area contributed by atoms with E-state index in [1.54, 1.807) is 44.3 Å². The van der Waals surface area contributed by atoms with Gasteiger partial charge in [-0.3, -0.25) is 4.79 Å². The Bertz CT molecular complexity index is 1020. The van der Waals surface area contributed by atoms with Gasteiger partial charge in [0.1, 0.15) is 5.75 Å². The lowest BCUT2D eigenvalue weighted by Gasteiger charge is -2.19. The van der Waals surface area contributed by atoms with Crippen LogP contribution in [0.3, 0.4) is 0 Å². The topological polar surface area (TPSA) is 106 Å². The molecular formula is C20H21N3O5. The van der Waals surface area contributed by atoms with E-state index in [0.29, 0.717) is 33.8 Å². The summed E-state index contributed by atoms with van der Waals surface area (Å²) in [4.78, 5) is 29.7. The van der Waals surface area contributed by atoms with E-state index in [9.17, 15) is 9.59 Å². The number of aliphatic carboxylic acids is 1. The van der Waals surface area contributed by atoms with Gasteiger partial charge in [-0.25, -0.2) is 9.78 Å². The molecule has 3 aromatic rings. The lowest BCUT2D eigenvalue weighted by Crippen LogP contribution is -2.26. The van der Waals surface area contributed by atoms with Crippen molar-refractivity contribution in [1.29, 1.82) is 0 Å². The molecule has 0 saturated carbocycles. The smallest absolute Gasteiger partial charge is 0.341 e. The molecule has 0 fully saturated rings. The maximum absolute atomic E-state index is 13.2. The summed E-state index contributed by atoms with van der Waals surface area (Å²) < 4.78 is 10.4. The fourth-order valence-electron chi connectivity index (χ4n) is 2.79. The number of aromatic nitrogens is 2. The number of pyridine rings is 1. The summed E-state index contributed by atoms with van der Waals surface area (Å²) in [5, 5.41) is 13.2. The van der Waals surface area contributed by atoms with Gasteiger partial charge in [0.2, 0.25) is 0 Å². The first-order valence-electron chi connectivity index (χ1n) is 8.77. The second kappa shape index (κ2) is 7.67. The van der Waals surface area contributed by atoms with Gasteiger partial charge in [-0.1, -0.05) is 19.0 Å². The summed E-state index contributed by atoms with van der Waals surface area (Å²) in [7, 11) is 1.67. The minimum Gasteiger partial charge on any atom is -0.482 e. The van der Waals surface area contributed by atoms with Crippen molar-refractivity contribution in [2.75, 3.05) is 18.6 Å². The molecule has 146 valence electrons. The summed E-state index contributed by atoms with van der Waals surface area (Å²) in [5.74, 6) is -0.740. The third-order valence-corrected chi connectivity index (χ3v) is 4.35. The van der Waals surface area contributed by atoms with Gasteiger partial charge in [0.15, 0.2) is 6.61 Å². The molecule has 8 nitrogen and oxygen atoms in total. The zero-order valence-corrected chi connectivity index (χ0v) is 16.1. The van der Waals surface area contributed by atoms with Crippen LogP contribution in [0.25, 0.3) is 11.1 Å². The number of nitrogens with zero attached hydrogens (tertiary/aromatic N) is 3. The maximum atomic E-state index is 13.2. The van der Waals surface area contributed by atoms with Gasteiger partial charge in [-0.05, 0) is 43.2 Å². The first kappa shape index (κ1) is 19.3. The van der Waals surface area contributed by atoms with Crippen molar-refractivity contribution in [2.45, 2.75) is 26.7 Å². The second-order valence-electron chi connectivity index (χ2n) is 6.74. The van der Waals surface area contributed by atoms with Crippen molar-refractivity contribution in [3.63, 3.8) is 0 Å². The molecule has 28 heavy (non-hydrogen) atoms. The van der Waals surface area contributed by atoms with Gasteiger partial charge in [-0.2, -0.15) is 0 Å². The molecule has 0 aliphatic carbocycles. The molecule has 1 N–H and O–H groups in total. The van der Waals surface area contributed by atoms with Crippen molar-refractivity contribution >= 4 is 28.7 Å². The van der Waals surface area contributed by atoms with Gasteiger partial charge in [0, 0.05) is 18.4 Å². The number of hydrogen-bond acceptors (Lipinski definition) is 6. The summed E-state index contributed by atoms with van der Waals surface area (Å²) >= 11 is 0. The van der Waals surface area contributed by atoms with Crippen molar-refractivity contribution < 1.29 is 24.0 Å². The third-order valence-electron chi connectivity index (χ3n) is 4.35. The van der Waals surface area contributed by atoms with Crippen LogP contribution in [-0.2, 0) is 4.79 Å². The molecule has 0 saturated heterocycles. The van der Waals surface area contributed by atoms with Crippen LogP contribution in [0, 0.1) is 6.92 Å². The Morgan fingerprint density at radius 1 is 1.25 bits per heavy atom. The Morgan fingerprint density at radius 2 is 1.93 bits per heavy atom. The van der Waals surface area contributed by atoms with Crippen LogP contribution in [0.1, 0.15) is 41.5 Å². The average Bonchev–Trinajstić information content (AvgIpc) is 3.06. The average molecular weight is 383 g/mol. The molecule has 0 spiro atoms. The van der Waals surface area contributed by atoms with E-state index < -0.39 is 12.6 Å². The molecule has 0 radical (unpaired) electrons. The Morgan fingerprint density at radius 3 is 2.54 bits per heavy atom. The summed E-state index contributed by atoms with van der Waals surface area (Å²) in [5.41, 5.74) is 2.81. The molecule has 1 amide bonds. The molecule has 1 aromatic carbocycles. The number of anilines is 1. The van der Waals surface area contributed by atoms with Crippen molar-refractivity contribution in [2.24, 2.45) is 0 Å². The van der Waals surface area contributed by atoms with Crippen LogP contribution < -0.4 is 9.64 Å². The van der Waals surface area contributed by atoms with E-state index in [1.165, 1.54) is 4.90 Å². The molecule has 8 heteroatoms. The minimum absolute atomic E-state index is 0.123. The van der Waals surface area contributed by atoms with E-state index in [4.69, 9.17) is 14.4 Å². The van der Waals surface area contributed by atoms with E-state index in [1.807, 2.05) is 13.8 Å². The second-order valence-corrected chi connectivity index (χ2v) is 6.74. The van der Waals surface area contributed by atoms with Crippen LogP contribution in [0.15, 0.2) is 34.9 Å². The number of ether oxygens (including phenoxy) is 1. The quantitative estimate of drug-likeness (QED) is 0.695. The number of carboxylic acids is 1. The zero-order valence-electron chi connectivity index (χ0n) is 16.1. The van der Waals surface area contributed by atoms with Crippen LogP contribution in [0.4, 0.5) is 5.69 Å². The standard InChI is InChI=1S/C20H21N3O5/c1-11(2)16-9-15(18-12(3)22-28-19(18)21-16)20(26)23(4)13-5-7-14(8-6-13)27-10-17(24)25/h5-9,11H,10H2,1-4H3,(H,24,25). The first-order valence-corrected chi connectivity index (χ1v) is 8.77. The zero-order chi connectivity index (χ0) is 20.4. The molecule has 2 heterocycles. The van der Waals surface area contributed by atoms with Gasteiger partial charge in [0.05, 0.1) is 16.6 Å². The van der Waals surface area contributed by atoms with Gasteiger partial charge in [-0.15, -0.1) is 0 Å². The molecule has 0 unspecified atom stereocenters. The predicted molar refractivity (Wildman–Crippen MR) is 103 cm³/mol. The lowest BCUT2D eigenvalue weighted by molar-refractivity contribution is -0.139. The fraction of sp³-hybridized carbons (Fsp3) is 0.300. The minimum atomic E-state index is -1.05. The van der Waals surface area contributed by atoms with Crippen LogP contribution >= 0.6 is 0 Å². The lowest BCUT2D eigenvalue weighted by atomic mass is 10.0. The highest BCUT2D eigenvalue weighted by atomic mass is 16.5. The highest BCUT2D eigenvalue weighted by molar-refractivity contribution is 6.13. The number of rotatable bonds is 6. The number of carbonyl (C=O) groups is 2. The summed E-state index contributed by atoms with van der Waals surface area (Å²) in [6.45, 7) is 5.33. The normalized spacial score (nSPS) is 11.0. The van der Waals surface area contributed by atoms with Gasteiger partial charge < -0.3 is 19.3 Å². The van der Waals surface area contributed by atoms with Crippen LogP contribution in [0.2, 0.25) is 0 Å². The Labute approximate surface area is 161 Å². The maximum Gasteiger partial charge on any atom is 0.341 e. The highest BCUT2D eigenvalue weighted by Crippen LogP contribution is 2.28. The molecule has 0 bridgehead atoms. The Hall–Kier alpha value is -3.42. The van der Waals surface area contributed by atoms with Gasteiger partial charge >= 0.3 is 5.97 Å². The van der Waals surface area contributed by atoms with Crippen molar-refractivity contribution in [3.8, 4) is 5.75 Å². The molecular weight excluding hydrogens is 362 g/mol. The van der Waals surface area contributed by atoms with E-state index in [2.05, 4.69) is 10.1 Å². The predicted octanol–water partition coefficient (Wildman–Crippen LogP) is 3.39. The van der Waals surface area contributed by atoms with Crippen molar-refractivity contribution in [3.05, 3.63) is 47.3 Å². The third kappa shape index (κ3) is 3.80. The number of carbonyl (C=O) groups excluding carboxylic acids is 1. The fourth-order valence-corrected chi connectivity index (χ4v) is 2.79. The number of hydrogen-bond donors (Lipinski definition) is 1. The number of amides is 1. The molecule has 0 aliphatic heterocycles. The monoisotopic (exact) mass is 383 g/mol. The van der Waals surface area contributed by atoms with E-state index in [-0.39, 0.29) is 11.8 Å². The number of carboxylic acid groups (broad SMARTS) is 1. The van der Waals surface area contributed by atoms with E-state index in [0.717, 1.165) is 5.69 Å². The Balaban J connectivity index is 1.93. The molecule has 0 atom stereocenters. The molecule has 0 aliphatic rings. The highest BCUT2D eigenvalue weighted by Gasteiger charge is 2.23. The number of aryl methyl sites for hydroxylation is 1. The van der Waals surface area contributed by atoms with Crippen LogP contribution in [0.5, 0.6) is 5.75 Å². The van der Waals surface area contributed by atoms with Crippen molar-refractivity contribution in [1.82, 2.24) is 10.1 Å².